The molecule has 0 spiro atoms. The van der Waals surface area contributed by atoms with Crippen molar-refractivity contribution in [2.45, 2.75) is 0 Å². The summed E-state index contributed by atoms with van der Waals surface area (Å²) in [6, 6.07) is 1.58. The molecule has 0 atom stereocenters. The van der Waals surface area contributed by atoms with E-state index in [4.69, 9.17) is 6.42 Å². The highest BCUT2D eigenvalue weighted by Crippen LogP contribution is 1.89. The molecule has 0 bridgehead atoms. The molecule has 0 aliphatic carbocycles. The Labute approximate surface area is 64.0 Å². The van der Waals surface area contributed by atoms with E-state index in [1.54, 1.807) is 12.3 Å². The summed E-state index contributed by atoms with van der Waals surface area (Å²) in [6.07, 6.45) is 6.51. The van der Waals surface area contributed by atoms with Crippen LogP contribution >= 0.6 is 0 Å². The number of carbonyl (C=O) groups excluding carboxylic acids is 1. The summed E-state index contributed by atoms with van der Waals surface area (Å²) >= 11 is 0. The summed E-state index contributed by atoms with van der Waals surface area (Å²) < 4.78 is 0. The number of aromatic amines is 1. The van der Waals surface area contributed by atoms with Crippen molar-refractivity contribution in [3.63, 3.8) is 0 Å². The van der Waals surface area contributed by atoms with Gasteiger partial charge in [-0.3, -0.25) is 9.89 Å². The van der Waals surface area contributed by atoms with Crippen LogP contribution in [0.3, 0.4) is 0 Å². The molecular formula is C7H7N3O. The highest BCUT2D eigenvalue weighted by molar-refractivity contribution is 5.92. The SMILES string of the molecule is C#CCNC(=O)c1cc[nH]n1. The fraction of sp³-hybridized carbons (Fsp3) is 0.143. The van der Waals surface area contributed by atoms with E-state index in [0.29, 0.717) is 5.69 Å². The molecule has 0 radical (unpaired) electrons. The summed E-state index contributed by atoms with van der Waals surface area (Å²) in [7, 11) is 0. The summed E-state index contributed by atoms with van der Waals surface area (Å²) in [6.45, 7) is 0.228. The Morgan fingerprint density at radius 1 is 1.91 bits per heavy atom. The second kappa shape index (κ2) is 3.42. The van der Waals surface area contributed by atoms with Crippen LogP contribution in [-0.4, -0.2) is 22.6 Å². The van der Waals surface area contributed by atoms with E-state index < -0.39 is 0 Å². The van der Waals surface area contributed by atoms with Gasteiger partial charge in [0.15, 0.2) is 0 Å². The van der Waals surface area contributed by atoms with Gasteiger partial charge >= 0.3 is 0 Å². The lowest BCUT2D eigenvalue weighted by molar-refractivity contribution is 0.0953. The molecule has 1 aromatic rings. The molecule has 56 valence electrons. The maximum atomic E-state index is 11.0. The number of nitrogens with zero attached hydrogens (tertiary/aromatic N) is 1. The van der Waals surface area contributed by atoms with E-state index in [1.165, 1.54) is 0 Å². The van der Waals surface area contributed by atoms with Crippen molar-refractivity contribution < 1.29 is 4.79 Å². The molecule has 11 heavy (non-hydrogen) atoms. The summed E-state index contributed by atoms with van der Waals surface area (Å²) in [5.41, 5.74) is 0.347. The van der Waals surface area contributed by atoms with Crippen molar-refractivity contribution in [1.29, 1.82) is 0 Å². The zero-order chi connectivity index (χ0) is 8.10. The quantitative estimate of drug-likeness (QED) is 0.571. The summed E-state index contributed by atoms with van der Waals surface area (Å²) in [5, 5.41) is 8.67. The maximum absolute atomic E-state index is 11.0. The zero-order valence-corrected chi connectivity index (χ0v) is 5.79. The van der Waals surface area contributed by atoms with Crippen LogP contribution < -0.4 is 5.32 Å². The van der Waals surface area contributed by atoms with Gasteiger partial charge in [0, 0.05) is 6.20 Å². The Morgan fingerprint density at radius 2 is 2.73 bits per heavy atom. The Balaban J connectivity index is 2.51. The Morgan fingerprint density at radius 3 is 3.27 bits per heavy atom. The molecule has 1 amide bonds. The number of nitrogens with one attached hydrogen (secondary N) is 2. The lowest BCUT2D eigenvalue weighted by Crippen LogP contribution is -2.23. The van der Waals surface area contributed by atoms with Crippen LogP contribution in [0.25, 0.3) is 0 Å². The van der Waals surface area contributed by atoms with Gasteiger partial charge in [0.25, 0.3) is 5.91 Å². The zero-order valence-electron chi connectivity index (χ0n) is 5.79. The van der Waals surface area contributed by atoms with E-state index in [0.717, 1.165) is 0 Å². The first-order valence-corrected chi connectivity index (χ1v) is 3.06. The van der Waals surface area contributed by atoms with Crippen LogP contribution in [0, 0.1) is 12.3 Å². The third kappa shape index (κ3) is 1.83. The number of terminal acetylenes is 1. The lowest BCUT2D eigenvalue weighted by Gasteiger charge is -1.94. The van der Waals surface area contributed by atoms with Crippen LogP contribution in [-0.2, 0) is 0 Å². The first kappa shape index (κ1) is 7.35. The molecule has 2 N–H and O–H groups in total. The maximum Gasteiger partial charge on any atom is 0.272 e. The van der Waals surface area contributed by atoms with Gasteiger partial charge in [0.1, 0.15) is 5.69 Å². The summed E-state index contributed by atoms with van der Waals surface area (Å²) in [5.74, 6) is 2.03. The standard InChI is InChI=1S/C7H7N3O/c1-2-4-8-7(11)6-3-5-9-10-6/h1,3,5H,4H2,(H,8,11)(H,9,10). The normalized spacial score (nSPS) is 8.64. The molecule has 0 aliphatic rings. The number of aromatic nitrogens is 2. The van der Waals surface area contributed by atoms with E-state index in [9.17, 15) is 4.79 Å². The highest BCUT2D eigenvalue weighted by atomic mass is 16.1. The number of hydrogen-bond acceptors (Lipinski definition) is 2. The molecule has 0 aromatic carbocycles. The van der Waals surface area contributed by atoms with E-state index >= 15 is 0 Å². The molecule has 1 aromatic heterocycles. The van der Waals surface area contributed by atoms with Crippen LogP contribution in [0.15, 0.2) is 12.3 Å². The predicted molar refractivity (Wildman–Crippen MR) is 39.8 cm³/mol. The first-order valence-electron chi connectivity index (χ1n) is 3.06. The van der Waals surface area contributed by atoms with Crippen molar-refractivity contribution >= 4 is 5.91 Å². The molecular weight excluding hydrogens is 142 g/mol. The minimum atomic E-state index is -0.260. The van der Waals surface area contributed by atoms with E-state index in [1.807, 2.05) is 0 Å². The molecule has 0 aliphatic heterocycles. The third-order valence-electron chi connectivity index (χ3n) is 1.08. The largest absolute Gasteiger partial charge is 0.340 e. The van der Waals surface area contributed by atoms with Crippen LogP contribution in [0.1, 0.15) is 10.5 Å². The van der Waals surface area contributed by atoms with E-state index in [2.05, 4.69) is 21.4 Å². The van der Waals surface area contributed by atoms with Crippen molar-refractivity contribution in [3.05, 3.63) is 18.0 Å². The van der Waals surface area contributed by atoms with Gasteiger partial charge in [0.05, 0.1) is 6.54 Å². The van der Waals surface area contributed by atoms with E-state index in [-0.39, 0.29) is 12.5 Å². The van der Waals surface area contributed by atoms with Gasteiger partial charge in [-0.1, -0.05) is 5.92 Å². The predicted octanol–water partition coefficient (Wildman–Crippen LogP) is -0.227. The molecule has 0 saturated heterocycles. The smallest absolute Gasteiger partial charge is 0.272 e. The lowest BCUT2D eigenvalue weighted by atomic mass is 10.4. The highest BCUT2D eigenvalue weighted by Gasteiger charge is 2.04. The average molecular weight is 149 g/mol. The number of rotatable bonds is 2. The first-order chi connectivity index (χ1) is 5.34. The topological polar surface area (TPSA) is 57.8 Å². The third-order valence-corrected chi connectivity index (χ3v) is 1.08. The minimum absolute atomic E-state index is 0.228. The van der Waals surface area contributed by atoms with Gasteiger partial charge in [-0.25, -0.2) is 0 Å². The molecule has 0 fully saturated rings. The van der Waals surface area contributed by atoms with Gasteiger partial charge in [-0.05, 0) is 6.07 Å². The fourth-order valence-electron chi connectivity index (χ4n) is 0.609. The van der Waals surface area contributed by atoms with Gasteiger partial charge in [0.2, 0.25) is 0 Å². The Hall–Kier alpha value is -1.76. The average Bonchev–Trinajstić information content (AvgIpc) is 2.52. The van der Waals surface area contributed by atoms with Crippen LogP contribution in [0.2, 0.25) is 0 Å². The van der Waals surface area contributed by atoms with Gasteiger partial charge in [-0.2, -0.15) is 5.10 Å². The summed E-state index contributed by atoms with van der Waals surface area (Å²) in [4.78, 5) is 11.0. The second-order valence-corrected chi connectivity index (χ2v) is 1.85. The molecule has 4 nitrogen and oxygen atoms in total. The number of H-pyrrole nitrogens is 1. The molecule has 1 rings (SSSR count). The van der Waals surface area contributed by atoms with Crippen molar-refractivity contribution in [1.82, 2.24) is 15.5 Å². The number of amides is 1. The van der Waals surface area contributed by atoms with Crippen molar-refractivity contribution in [2.24, 2.45) is 0 Å². The second-order valence-electron chi connectivity index (χ2n) is 1.85. The Bertz CT molecular complexity index is 270. The molecule has 1 heterocycles. The fourth-order valence-corrected chi connectivity index (χ4v) is 0.609. The van der Waals surface area contributed by atoms with Crippen LogP contribution in [0.5, 0.6) is 0 Å². The van der Waals surface area contributed by atoms with Crippen molar-refractivity contribution in [2.75, 3.05) is 6.54 Å². The van der Waals surface area contributed by atoms with Gasteiger partial charge < -0.3 is 5.32 Å². The Kier molecular flexibility index (Phi) is 2.28. The monoisotopic (exact) mass is 149 g/mol. The number of hydrogen-bond donors (Lipinski definition) is 2. The van der Waals surface area contributed by atoms with Crippen LogP contribution in [0.4, 0.5) is 0 Å². The van der Waals surface area contributed by atoms with Gasteiger partial charge in [-0.15, -0.1) is 6.42 Å². The van der Waals surface area contributed by atoms with Crippen molar-refractivity contribution in [3.8, 4) is 12.3 Å². The molecule has 0 saturated carbocycles. The molecule has 0 unspecified atom stereocenters. The molecule has 4 heteroatoms. The number of carbonyl (C=O) groups is 1. The minimum Gasteiger partial charge on any atom is -0.340 e.